The van der Waals surface area contributed by atoms with Crippen LogP contribution in [0.1, 0.15) is 97.8 Å². The van der Waals surface area contributed by atoms with Gasteiger partial charge in [0.15, 0.2) is 11.6 Å². The lowest BCUT2D eigenvalue weighted by molar-refractivity contribution is -0.147. The first kappa shape index (κ1) is 30.8. The van der Waals surface area contributed by atoms with Gasteiger partial charge in [-0.15, -0.1) is 0 Å². The molecule has 46 heavy (non-hydrogen) atoms. The van der Waals surface area contributed by atoms with E-state index in [9.17, 15) is 28.0 Å². The highest BCUT2D eigenvalue weighted by Gasteiger charge is 2.47. The summed E-state index contributed by atoms with van der Waals surface area (Å²) in [4.78, 5) is 57.3. The van der Waals surface area contributed by atoms with Crippen LogP contribution in [0.4, 0.5) is 8.78 Å². The molecule has 1 unspecified atom stereocenters. The van der Waals surface area contributed by atoms with Gasteiger partial charge in [0.25, 0.3) is 0 Å². The molecule has 1 atom stereocenters. The van der Waals surface area contributed by atoms with E-state index >= 15 is 0 Å². The average molecular weight is 635 g/mol. The molecular formula is C36H40F2N2O6. The van der Waals surface area contributed by atoms with Gasteiger partial charge in [0, 0.05) is 64.2 Å². The summed E-state index contributed by atoms with van der Waals surface area (Å²) in [6.45, 7) is 1.72. The predicted octanol–water partition coefficient (Wildman–Crippen LogP) is 5.90. The van der Waals surface area contributed by atoms with E-state index in [0.29, 0.717) is 63.4 Å². The maximum atomic E-state index is 14.1. The van der Waals surface area contributed by atoms with Gasteiger partial charge in [-0.05, 0) is 55.2 Å². The molecule has 244 valence electrons. The molecule has 5 aliphatic rings. The van der Waals surface area contributed by atoms with Crippen LogP contribution in [-0.2, 0) is 9.59 Å². The number of Topliss-reactive ketones (excluding diaryl/α,β-unsaturated/α-hetero) is 2. The molecule has 7 rings (SSSR count). The van der Waals surface area contributed by atoms with Crippen molar-refractivity contribution in [3.05, 3.63) is 59.2 Å². The molecule has 2 aromatic carbocycles. The second kappa shape index (κ2) is 12.1. The quantitative estimate of drug-likeness (QED) is 0.416. The molecular weight excluding hydrogens is 594 g/mol. The Morgan fingerprint density at radius 3 is 1.72 bits per heavy atom. The van der Waals surface area contributed by atoms with Crippen molar-refractivity contribution in [1.82, 2.24) is 9.80 Å². The van der Waals surface area contributed by atoms with Crippen LogP contribution in [-0.4, -0.2) is 70.6 Å². The number of likely N-dealkylation sites (tertiary alicyclic amines) is 2. The number of fused-ring (bicyclic) bond motifs is 2. The van der Waals surface area contributed by atoms with E-state index in [1.54, 1.807) is 4.90 Å². The SMILES string of the molecule is O=C1CC2(CCN(C(=O)CC(C(=O)N3CCC4(CC3)CC(=O)c3cc(F)ccc3O4)C3CCCCC3)CC2)Oc2ccc(F)cc21. The Balaban J connectivity index is 0.995. The molecule has 2 saturated heterocycles. The van der Waals surface area contributed by atoms with Gasteiger partial charge in [-0.25, -0.2) is 8.78 Å². The van der Waals surface area contributed by atoms with Gasteiger partial charge in [0.05, 0.1) is 24.0 Å². The molecule has 2 amide bonds. The molecule has 1 aliphatic carbocycles. The molecule has 8 nitrogen and oxygen atoms in total. The Labute approximate surface area is 267 Å². The summed E-state index contributed by atoms with van der Waals surface area (Å²) in [7, 11) is 0. The number of carbonyl (C=O) groups is 4. The summed E-state index contributed by atoms with van der Waals surface area (Å²) in [6, 6.07) is 8.03. The van der Waals surface area contributed by atoms with Crippen LogP contribution in [0, 0.1) is 23.5 Å². The van der Waals surface area contributed by atoms with Gasteiger partial charge in [-0.2, -0.15) is 0 Å². The molecule has 10 heteroatoms. The van der Waals surface area contributed by atoms with Crippen LogP contribution in [0.5, 0.6) is 11.5 Å². The zero-order valence-corrected chi connectivity index (χ0v) is 26.0. The topological polar surface area (TPSA) is 93.2 Å². The van der Waals surface area contributed by atoms with E-state index in [1.165, 1.54) is 36.4 Å². The van der Waals surface area contributed by atoms with Crippen LogP contribution >= 0.6 is 0 Å². The van der Waals surface area contributed by atoms with Gasteiger partial charge in [-0.1, -0.05) is 19.3 Å². The normalized spacial score (nSPS) is 22.9. The summed E-state index contributed by atoms with van der Waals surface area (Å²) < 4.78 is 40.0. The Bertz CT molecular complexity index is 1550. The number of rotatable bonds is 4. The number of benzene rings is 2. The highest BCUT2D eigenvalue weighted by molar-refractivity contribution is 6.01. The second-order valence-corrected chi connectivity index (χ2v) is 14.0. The van der Waals surface area contributed by atoms with Crippen molar-refractivity contribution in [1.29, 1.82) is 0 Å². The predicted molar refractivity (Wildman–Crippen MR) is 164 cm³/mol. The highest BCUT2D eigenvalue weighted by atomic mass is 19.1. The van der Waals surface area contributed by atoms with Crippen molar-refractivity contribution in [2.75, 3.05) is 26.2 Å². The smallest absolute Gasteiger partial charge is 0.226 e. The Morgan fingerprint density at radius 1 is 0.739 bits per heavy atom. The minimum Gasteiger partial charge on any atom is -0.486 e. The van der Waals surface area contributed by atoms with Crippen LogP contribution in [0.15, 0.2) is 36.4 Å². The van der Waals surface area contributed by atoms with Crippen LogP contribution in [0.2, 0.25) is 0 Å². The Morgan fingerprint density at radius 2 is 1.22 bits per heavy atom. The fourth-order valence-electron chi connectivity index (χ4n) is 8.33. The number of carbonyl (C=O) groups excluding carboxylic acids is 4. The van der Waals surface area contributed by atoms with Crippen molar-refractivity contribution in [3.63, 3.8) is 0 Å². The maximum Gasteiger partial charge on any atom is 0.226 e. The molecule has 2 aromatic rings. The molecule has 0 aromatic heterocycles. The lowest BCUT2D eigenvalue weighted by Gasteiger charge is -2.45. The van der Waals surface area contributed by atoms with Gasteiger partial charge in [-0.3, -0.25) is 19.2 Å². The fraction of sp³-hybridized carbons (Fsp3) is 0.556. The van der Waals surface area contributed by atoms with E-state index in [0.717, 1.165) is 32.1 Å². The third-order valence-corrected chi connectivity index (χ3v) is 11.0. The zero-order chi connectivity index (χ0) is 32.1. The number of amides is 2. The molecule has 0 radical (unpaired) electrons. The summed E-state index contributed by atoms with van der Waals surface area (Å²) in [6.07, 6.45) is 7.51. The van der Waals surface area contributed by atoms with E-state index in [4.69, 9.17) is 9.47 Å². The Hall–Kier alpha value is -3.82. The van der Waals surface area contributed by atoms with Crippen molar-refractivity contribution in [2.45, 2.75) is 88.3 Å². The highest BCUT2D eigenvalue weighted by Crippen LogP contribution is 2.42. The van der Waals surface area contributed by atoms with E-state index in [-0.39, 0.29) is 59.7 Å². The average Bonchev–Trinajstić information content (AvgIpc) is 3.05. The molecule has 4 heterocycles. The lowest BCUT2D eigenvalue weighted by Crippen LogP contribution is -2.54. The molecule has 4 aliphatic heterocycles. The molecule has 3 fully saturated rings. The monoisotopic (exact) mass is 634 g/mol. The second-order valence-electron chi connectivity index (χ2n) is 14.0. The largest absolute Gasteiger partial charge is 0.486 e. The van der Waals surface area contributed by atoms with E-state index in [2.05, 4.69) is 0 Å². The minimum atomic E-state index is -0.712. The zero-order valence-electron chi connectivity index (χ0n) is 26.0. The van der Waals surface area contributed by atoms with Gasteiger partial charge in [0.2, 0.25) is 11.8 Å². The summed E-state index contributed by atoms with van der Waals surface area (Å²) in [5.41, 5.74) is -0.886. The lowest BCUT2D eigenvalue weighted by atomic mass is 9.76. The first-order chi connectivity index (χ1) is 22.1. The van der Waals surface area contributed by atoms with Crippen molar-refractivity contribution >= 4 is 23.4 Å². The third kappa shape index (κ3) is 5.91. The van der Waals surface area contributed by atoms with Crippen LogP contribution in [0.25, 0.3) is 0 Å². The van der Waals surface area contributed by atoms with Crippen LogP contribution < -0.4 is 9.47 Å². The Kier molecular flexibility index (Phi) is 8.09. The number of ketones is 2. The van der Waals surface area contributed by atoms with E-state index < -0.39 is 28.8 Å². The van der Waals surface area contributed by atoms with Gasteiger partial charge in [0.1, 0.15) is 34.3 Å². The van der Waals surface area contributed by atoms with Gasteiger partial charge >= 0.3 is 0 Å². The maximum absolute atomic E-state index is 14.1. The van der Waals surface area contributed by atoms with Crippen molar-refractivity contribution in [2.24, 2.45) is 11.8 Å². The number of piperidine rings is 2. The molecule has 1 saturated carbocycles. The minimum absolute atomic E-state index is 0.00163. The summed E-state index contributed by atoms with van der Waals surface area (Å²) >= 11 is 0. The van der Waals surface area contributed by atoms with Crippen molar-refractivity contribution < 1.29 is 37.4 Å². The number of ether oxygens (including phenoxy) is 2. The summed E-state index contributed by atoms with van der Waals surface area (Å²) in [5, 5.41) is 0. The first-order valence-electron chi connectivity index (χ1n) is 16.7. The third-order valence-electron chi connectivity index (χ3n) is 11.0. The number of halogens is 2. The molecule has 0 bridgehead atoms. The standard InChI is InChI=1S/C36H40F2N2O6/c37-24-6-8-31-27(18-24)29(41)21-35(45-31)10-14-39(15-11-35)33(43)20-26(23-4-2-1-3-5-23)34(44)40-16-12-36(13-17-40)22-30(42)28-19-25(38)7-9-32(28)46-36/h6-9,18-19,23,26H,1-5,10-17,20-22H2. The number of nitrogens with zero attached hydrogens (tertiary/aromatic N) is 2. The first-order valence-corrected chi connectivity index (χ1v) is 16.7. The van der Waals surface area contributed by atoms with Crippen LogP contribution in [0.3, 0.4) is 0 Å². The van der Waals surface area contributed by atoms with Gasteiger partial charge < -0.3 is 19.3 Å². The van der Waals surface area contributed by atoms with E-state index in [1.807, 2.05) is 4.90 Å². The fourth-order valence-corrected chi connectivity index (χ4v) is 8.33. The van der Waals surface area contributed by atoms with Crippen molar-refractivity contribution in [3.8, 4) is 11.5 Å². The number of hydrogen-bond donors (Lipinski definition) is 0. The molecule has 2 spiro atoms. The summed E-state index contributed by atoms with van der Waals surface area (Å²) in [5.74, 6) is -0.770. The molecule has 0 N–H and O–H groups in total. The number of hydrogen-bond acceptors (Lipinski definition) is 6.